The molecule has 0 saturated carbocycles. The van der Waals surface area contributed by atoms with Crippen LogP contribution in [0.25, 0.3) is 0 Å². The van der Waals surface area contributed by atoms with Crippen molar-refractivity contribution >= 4 is 10.0 Å². The molecule has 0 unspecified atom stereocenters. The molecular weight excluding hydrogens is 314 g/mol. The number of sulfonamides is 1. The van der Waals surface area contributed by atoms with E-state index in [1.165, 1.54) is 0 Å². The van der Waals surface area contributed by atoms with E-state index < -0.39 is 10.0 Å². The van der Waals surface area contributed by atoms with Crippen LogP contribution in [-0.4, -0.2) is 29.0 Å². The van der Waals surface area contributed by atoms with E-state index >= 15 is 0 Å². The molecule has 0 spiro atoms. The fourth-order valence-electron chi connectivity index (χ4n) is 3.45. The van der Waals surface area contributed by atoms with E-state index in [1.807, 2.05) is 29.9 Å². The van der Waals surface area contributed by atoms with Crippen LogP contribution in [-0.2, 0) is 17.1 Å². The van der Waals surface area contributed by atoms with Crippen LogP contribution >= 0.6 is 0 Å². The van der Waals surface area contributed by atoms with Crippen LogP contribution in [0.1, 0.15) is 48.9 Å². The van der Waals surface area contributed by atoms with E-state index in [1.54, 1.807) is 18.2 Å². The van der Waals surface area contributed by atoms with Crippen LogP contribution in [0.5, 0.6) is 0 Å². The molecule has 1 aliphatic heterocycles. The third-order valence-electron chi connectivity index (χ3n) is 4.56. The van der Waals surface area contributed by atoms with Crippen molar-refractivity contribution in [1.82, 2.24) is 14.0 Å². The van der Waals surface area contributed by atoms with E-state index in [-0.39, 0.29) is 10.9 Å². The predicted molar refractivity (Wildman–Crippen MR) is 86.5 cm³/mol. The third-order valence-corrected chi connectivity index (χ3v) is 6.72. The first-order valence-electron chi connectivity index (χ1n) is 7.99. The molecule has 2 aromatic heterocycles. The van der Waals surface area contributed by atoms with Crippen molar-refractivity contribution in [2.24, 2.45) is 7.05 Å². The van der Waals surface area contributed by atoms with Crippen LogP contribution in [0.15, 0.2) is 27.7 Å². The molecule has 126 valence electrons. The Labute approximate surface area is 137 Å². The predicted octanol–water partition coefficient (Wildman–Crippen LogP) is 2.94. The zero-order valence-electron chi connectivity index (χ0n) is 13.8. The van der Waals surface area contributed by atoms with Gasteiger partial charge in [0.05, 0.1) is 6.04 Å². The van der Waals surface area contributed by atoms with Gasteiger partial charge in [-0.15, -0.1) is 0 Å². The Kier molecular flexibility index (Phi) is 4.33. The quantitative estimate of drug-likeness (QED) is 0.863. The Morgan fingerprint density at radius 2 is 2.04 bits per heavy atom. The second-order valence-corrected chi connectivity index (χ2v) is 8.01. The molecule has 7 heteroatoms. The first-order chi connectivity index (χ1) is 10.9. The van der Waals surface area contributed by atoms with Crippen LogP contribution in [0.2, 0.25) is 0 Å². The van der Waals surface area contributed by atoms with Gasteiger partial charge in [0.15, 0.2) is 5.76 Å². The summed E-state index contributed by atoms with van der Waals surface area (Å²) in [6.45, 7) is 3.86. The van der Waals surface area contributed by atoms with Crippen LogP contribution < -0.4 is 0 Å². The van der Waals surface area contributed by atoms with Crippen LogP contribution in [0.4, 0.5) is 0 Å². The van der Waals surface area contributed by atoms with Crippen LogP contribution in [0.3, 0.4) is 0 Å². The Hall–Kier alpha value is -1.60. The fourth-order valence-corrected chi connectivity index (χ4v) is 5.41. The van der Waals surface area contributed by atoms with E-state index in [2.05, 4.69) is 5.16 Å². The van der Waals surface area contributed by atoms with Gasteiger partial charge in [-0.25, -0.2) is 8.42 Å². The Morgan fingerprint density at radius 3 is 2.65 bits per heavy atom. The van der Waals surface area contributed by atoms with Gasteiger partial charge in [0.25, 0.3) is 0 Å². The molecule has 6 nitrogen and oxygen atoms in total. The maximum absolute atomic E-state index is 13.3. The summed E-state index contributed by atoms with van der Waals surface area (Å²) < 4.78 is 35.3. The highest BCUT2D eigenvalue weighted by Gasteiger charge is 2.37. The smallest absolute Gasteiger partial charge is 0.249 e. The largest absolute Gasteiger partial charge is 0.360 e. The molecule has 0 aromatic carbocycles. The maximum Gasteiger partial charge on any atom is 0.249 e. The number of hydrogen-bond acceptors (Lipinski definition) is 4. The summed E-state index contributed by atoms with van der Waals surface area (Å²) in [5.74, 6) is 0.359. The second kappa shape index (κ2) is 6.13. The lowest BCUT2D eigenvalue weighted by Crippen LogP contribution is -2.36. The minimum absolute atomic E-state index is 0.142. The number of rotatable bonds is 3. The van der Waals surface area contributed by atoms with Gasteiger partial charge in [-0.2, -0.15) is 4.31 Å². The molecule has 1 saturated heterocycles. The Bertz CT molecular complexity index is 772. The van der Waals surface area contributed by atoms with E-state index in [0.29, 0.717) is 18.0 Å². The summed E-state index contributed by atoms with van der Waals surface area (Å²) in [6.07, 6.45) is 5.75. The first kappa shape index (κ1) is 16.3. The molecule has 3 rings (SSSR count). The third kappa shape index (κ3) is 2.83. The van der Waals surface area contributed by atoms with E-state index in [0.717, 1.165) is 31.4 Å². The molecule has 0 aliphatic carbocycles. The number of hydrogen-bond donors (Lipinski definition) is 0. The standard InChI is InChI=1S/C16H23N3O3S/c1-12-16(13(2)22-17-12)23(20,21)19-11-6-4-5-8-15(19)14-9-7-10-18(14)3/h7,9-10,15H,4-6,8,11H2,1-3H3/t15-/m1/s1. The summed E-state index contributed by atoms with van der Waals surface area (Å²) in [7, 11) is -1.67. The topological polar surface area (TPSA) is 68.3 Å². The van der Waals surface area contributed by atoms with Gasteiger partial charge < -0.3 is 9.09 Å². The molecule has 0 radical (unpaired) electrons. The zero-order chi connectivity index (χ0) is 16.6. The highest BCUT2D eigenvalue weighted by molar-refractivity contribution is 7.89. The average Bonchev–Trinajstić information content (AvgIpc) is 2.96. The van der Waals surface area contributed by atoms with Gasteiger partial charge in [0.2, 0.25) is 10.0 Å². The molecule has 0 N–H and O–H groups in total. The first-order valence-corrected chi connectivity index (χ1v) is 9.43. The molecule has 2 aromatic rings. The minimum Gasteiger partial charge on any atom is -0.360 e. The maximum atomic E-state index is 13.3. The van der Waals surface area contributed by atoms with Crippen molar-refractivity contribution in [2.75, 3.05) is 6.54 Å². The molecule has 0 amide bonds. The van der Waals surface area contributed by atoms with Gasteiger partial charge >= 0.3 is 0 Å². The summed E-state index contributed by atoms with van der Waals surface area (Å²) in [5, 5.41) is 3.82. The van der Waals surface area contributed by atoms with Gasteiger partial charge in [-0.3, -0.25) is 0 Å². The highest BCUT2D eigenvalue weighted by atomic mass is 32.2. The highest BCUT2D eigenvalue weighted by Crippen LogP contribution is 2.36. The molecule has 3 heterocycles. The fraction of sp³-hybridized carbons (Fsp3) is 0.562. The van der Waals surface area contributed by atoms with E-state index in [4.69, 9.17) is 4.52 Å². The van der Waals surface area contributed by atoms with Crippen molar-refractivity contribution in [3.63, 3.8) is 0 Å². The summed E-state index contributed by atoms with van der Waals surface area (Å²) in [5.41, 5.74) is 1.46. The summed E-state index contributed by atoms with van der Waals surface area (Å²) >= 11 is 0. The molecule has 23 heavy (non-hydrogen) atoms. The lowest BCUT2D eigenvalue weighted by molar-refractivity contribution is 0.317. The number of aromatic nitrogens is 2. The summed E-state index contributed by atoms with van der Waals surface area (Å²) in [4.78, 5) is 0.221. The minimum atomic E-state index is -3.63. The molecule has 1 fully saturated rings. The monoisotopic (exact) mass is 337 g/mol. The Morgan fingerprint density at radius 1 is 1.26 bits per heavy atom. The summed E-state index contributed by atoms with van der Waals surface area (Å²) in [6, 6.07) is 3.82. The average molecular weight is 337 g/mol. The Balaban J connectivity index is 2.08. The van der Waals surface area contributed by atoms with Crippen molar-refractivity contribution in [1.29, 1.82) is 0 Å². The molecular formula is C16H23N3O3S. The van der Waals surface area contributed by atoms with Crippen molar-refractivity contribution in [3.8, 4) is 0 Å². The van der Waals surface area contributed by atoms with Gasteiger partial charge in [0, 0.05) is 25.5 Å². The SMILES string of the molecule is Cc1noc(C)c1S(=O)(=O)N1CCCCC[C@@H]1c1cccn1C. The lowest BCUT2D eigenvalue weighted by atomic mass is 10.1. The van der Waals surface area contributed by atoms with Gasteiger partial charge in [-0.05, 0) is 38.8 Å². The van der Waals surface area contributed by atoms with Crippen molar-refractivity contribution in [3.05, 3.63) is 35.5 Å². The van der Waals surface area contributed by atoms with Crippen LogP contribution in [0, 0.1) is 13.8 Å². The number of nitrogens with zero attached hydrogens (tertiary/aromatic N) is 3. The van der Waals surface area contributed by atoms with Gasteiger partial charge in [-0.1, -0.05) is 18.0 Å². The van der Waals surface area contributed by atoms with Crippen molar-refractivity contribution < 1.29 is 12.9 Å². The lowest BCUT2D eigenvalue weighted by Gasteiger charge is -2.29. The molecule has 1 aliphatic rings. The van der Waals surface area contributed by atoms with Gasteiger partial charge in [0.1, 0.15) is 10.6 Å². The normalized spacial score (nSPS) is 20.6. The van der Waals surface area contributed by atoms with E-state index in [9.17, 15) is 8.42 Å². The second-order valence-electron chi connectivity index (χ2n) is 6.18. The molecule has 1 atom stereocenters. The molecule has 0 bridgehead atoms. The van der Waals surface area contributed by atoms with Crippen molar-refractivity contribution in [2.45, 2.75) is 50.5 Å². The number of aryl methyl sites for hydroxylation is 3. The zero-order valence-corrected chi connectivity index (χ0v) is 14.6.